The van der Waals surface area contributed by atoms with Gasteiger partial charge in [-0.25, -0.2) is 0 Å². The van der Waals surface area contributed by atoms with Gasteiger partial charge in [-0.05, 0) is 24.6 Å². The van der Waals surface area contributed by atoms with Crippen LogP contribution in [0.2, 0.25) is 0 Å². The minimum atomic E-state index is -0.301. The van der Waals surface area contributed by atoms with Crippen molar-refractivity contribution in [3.63, 3.8) is 0 Å². The average molecular weight is 228 g/mol. The number of thiocarbonyl (C=S) groups is 1. The molecule has 0 radical (unpaired) electrons. The zero-order valence-electron chi connectivity index (χ0n) is 9.84. The van der Waals surface area contributed by atoms with Gasteiger partial charge in [0, 0.05) is 18.3 Å². The molecule has 0 atom stereocenters. The van der Waals surface area contributed by atoms with Crippen molar-refractivity contribution in [2.24, 2.45) is 11.3 Å². The van der Waals surface area contributed by atoms with Gasteiger partial charge in [0.15, 0.2) is 5.05 Å². The molecule has 0 saturated heterocycles. The molecule has 1 aliphatic carbocycles. The highest BCUT2D eigenvalue weighted by Crippen LogP contribution is 2.34. The van der Waals surface area contributed by atoms with E-state index in [4.69, 9.17) is 17.0 Å². The molecular weight excluding hydrogens is 208 g/mol. The Kier molecular flexibility index (Phi) is 4.26. The van der Waals surface area contributed by atoms with Crippen molar-refractivity contribution in [1.29, 1.82) is 0 Å². The third-order valence-electron chi connectivity index (χ3n) is 2.91. The smallest absolute Gasteiger partial charge is 0.165 e. The van der Waals surface area contributed by atoms with Gasteiger partial charge in [0.1, 0.15) is 5.78 Å². The maximum atomic E-state index is 11.7. The zero-order valence-corrected chi connectivity index (χ0v) is 10.7. The molecule has 86 valence electrons. The molecule has 1 aliphatic rings. The van der Waals surface area contributed by atoms with Crippen molar-refractivity contribution < 1.29 is 9.53 Å². The molecule has 15 heavy (non-hydrogen) atoms. The van der Waals surface area contributed by atoms with Gasteiger partial charge in [-0.15, -0.1) is 0 Å². The topological polar surface area (TPSA) is 26.3 Å². The molecule has 0 aliphatic heterocycles. The summed E-state index contributed by atoms with van der Waals surface area (Å²) in [6.07, 6.45) is 4.90. The Balaban J connectivity index is 2.30. The summed E-state index contributed by atoms with van der Waals surface area (Å²) in [5.74, 6) is 1.14. The largest absolute Gasteiger partial charge is 0.490 e. The molecule has 0 unspecified atom stereocenters. The van der Waals surface area contributed by atoms with Crippen LogP contribution in [-0.4, -0.2) is 17.9 Å². The molecule has 0 amide bonds. The Labute approximate surface area is 97.4 Å². The quantitative estimate of drug-likeness (QED) is 0.653. The summed E-state index contributed by atoms with van der Waals surface area (Å²) < 4.78 is 5.03. The second kappa shape index (κ2) is 5.06. The van der Waals surface area contributed by atoms with Gasteiger partial charge >= 0.3 is 0 Å². The van der Waals surface area contributed by atoms with Gasteiger partial charge in [-0.3, -0.25) is 4.79 Å². The first-order valence-corrected chi connectivity index (χ1v) is 5.96. The number of hydrogen-bond donors (Lipinski definition) is 0. The molecule has 1 rings (SSSR count). The SMILES string of the molecule is COC(=S)C(C)(C)CC(=O)CCC1CC1. The Morgan fingerprint density at radius 3 is 2.53 bits per heavy atom. The lowest BCUT2D eigenvalue weighted by Crippen LogP contribution is -2.27. The van der Waals surface area contributed by atoms with Crippen molar-refractivity contribution in [3.8, 4) is 0 Å². The average Bonchev–Trinajstić information content (AvgIpc) is 2.96. The molecule has 0 aromatic rings. The molecule has 0 N–H and O–H groups in total. The Morgan fingerprint density at radius 2 is 2.07 bits per heavy atom. The number of ether oxygens (including phenoxy) is 1. The summed E-state index contributed by atoms with van der Waals surface area (Å²) in [6.45, 7) is 3.93. The van der Waals surface area contributed by atoms with E-state index < -0.39 is 0 Å². The lowest BCUT2D eigenvalue weighted by Gasteiger charge is -2.23. The highest BCUT2D eigenvalue weighted by Gasteiger charge is 2.29. The highest BCUT2D eigenvalue weighted by atomic mass is 32.1. The van der Waals surface area contributed by atoms with Crippen LogP contribution in [0.1, 0.15) is 46.0 Å². The van der Waals surface area contributed by atoms with Crippen molar-refractivity contribution in [2.75, 3.05) is 7.11 Å². The summed E-state index contributed by atoms with van der Waals surface area (Å²) in [5, 5.41) is 0.530. The molecule has 0 aromatic carbocycles. The fourth-order valence-electron chi connectivity index (χ4n) is 1.70. The molecule has 3 heteroatoms. The first-order valence-electron chi connectivity index (χ1n) is 5.56. The number of hydrogen-bond acceptors (Lipinski definition) is 3. The van der Waals surface area contributed by atoms with E-state index in [1.54, 1.807) is 7.11 Å². The van der Waals surface area contributed by atoms with Gasteiger partial charge in [-0.1, -0.05) is 26.7 Å². The van der Waals surface area contributed by atoms with Crippen molar-refractivity contribution >= 4 is 23.1 Å². The van der Waals surface area contributed by atoms with Crippen LogP contribution < -0.4 is 0 Å². The number of methoxy groups -OCH3 is 1. The van der Waals surface area contributed by atoms with E-state index in [0.717, 1.165) is 12.3 Å². The predicted molar refractivity (Wildman–Crippen MR) is 65.0 cm³/mol. The molecule has 0 heterocycles. The van der Waals surface area contributed by atoms with E-state index in [9.17, 15) is 4.79 Å². The molecule has 0 spiro atoms. The summed E-state index contributed by atoms with van der Waals surface area (Å²) in [4.78, 5) is 11.7. The highest BCUT2D eigenvalue weighted by molar-refractivity contribution is 7.80. The maximum Gasteiger partial charge on any atom is 0.165 e. The second-order valence-corrected chi connectivity index (χ2v) is 5.44. The first kappa shape index (κ1) is 12.6. The number of carbonyl (C=O) groups excluding carboxylic acids is 1. The summed E-state index contributed by atoms with van der Waals surface area (Å²) in [5.41, 5.74) is -0.301. The molecule has 1 fully saturated rings. The van der Waals surface area contributed by atoms with Crippen LogP contribution in [0.5, 0.6) is 0 Å². The van der Waals surface area contributed by atoms with E-state index in [2.05, 4.69) is 0 Å². The van der Waals surface area contributed by atoms with Crippen LogP contribution in [0.15, 0.2) is 0 Å². The monoisotopic (exact) mass is 228 g/mol. The van der Waals surface area contributed by atoms with E-state index in [1.807, 2.05) is 13.8 Å². The molecule has 1 saturated carbocycles. The van der Waals surface area contributed by atoms with Gasteiger partial charge in [0.05, 0.1) is 7.11 Å². The van der Waals surface area contributed by atoms with Crippen LogP contribution in [0.3, 0.4) is 0 Å². The third-order valence-corrected chi connectivity index (χ3v) is 3.62. The lowest BCUT2D eigenvalue weighted by molar-refractivity contribution is -0.120. The number of rotatable bonds is 6. The first-order chi connectivity index (χ1) is 6.95. The number of Topliss-reactive ketones (excluding diaryl/α,β-unsaturated/α-hetero) is 1. The Bertz CT molecular complexity index is 254. The van der Waals surface area contributed by atoms with Crippen LogP contribution >= 0.6 is 12.2 Å². The molecule has 0 aromatic heterocycles. The predicted octanol–water partition coefficient (Wildman–Crippen LogP) is 3.14. The third kappa shape index (κ3) is 4.29. The maximum absolute atomic E-state index is 11.7. The molecule has 2 nitrogen and oxygen atoms in total. The van der Waals surface area contributed by atoms with Gasteiger partial charge < -0.3 is 4.74 Å². The van der Waals surface area contributed by atoms with Crippen LogP contribution in [-0.2, 0) is 9.53 Å². The fourth-order valence-corrected chi connectivity index (χ4v) is 1.77. The Morgan fingerprint density at radius 1 is 1.47 bits per heavy atom. The van der Waals surface area contributed by atoms with Crippen LogP contribution in [0.4, 0.5) is 0 Å². The van der Waals surface area contributed by atoms with E-state index >= 15 is 0 Å². The van der Waals surface area contributed by atoms with Crippen LogP contribution in [0.25, 0.3) is 0 Å². The lowest BCUT2D eigenvalue weighted by atomic mass is 9.87. The summed E-state index contributed by atoms with van der Waals surface area (Å²) in [7, 11) is 1.57. The number of ketones is 1. The van der Waals surface area contributed by atoms with E-state index in [-0.39, 0.29) is 5.41 Å². The Hall–Kier alpha value is -0.440. The van der Waals surface area contributed by atoms with Crippen LogP contribution in [0, 0.1) is 11.3 Å². The minimum Gasteiger partial charge on any atom is -0.490 e. The molecule has 0 bridgehead atoms. The fraction of sp³-hybridized carbons (Fsp3) is 0.833. The van der Waals surface area contributed by atoms with E-state index in [0.29, 0.717) is 23.7 Å². The van der Waals surface area contributed by atoms with E-state index in [1.165, 1.54) is 12.8 Å². The zero-order chi connectivity index (χ0) is 11.5. The minimum absolute atomic E-state index is 0.301. The summed E-state index contributed by atoms with van der Waals surface area (Å²) >= 11 is 5.08. The number of carbonyl (C=O) groups is 1. The standard InChI is InChI=1S/C12H20O2S/c1-12(2,11(15)14-3)8-10(13)7-6-9-4-5-9/h9H,4-8H2,1-3H3. The van der Waals surface area contributed by atoms with Crippen molar-refractivity contribution in [2.45, 2.75) is 46.0 Å². The summed E-state index contributed by atoms with van der Waals surface area (Å²) in [6, 6.07) is 0. The molecular formula is C12H20O2S. The van der Waals surface area contributed by atoms with Gasteiger partial charge in [-0.2, -0.15) is 0 Å². The van der Waals surface area contributed by atoms with Crippen molar-refractivity contribution in [1.82, 2.24) is 0 Å². The normalized spacial score (nSPS) is 16.2. The van der Waals surface area contributed by atoms with Gasteiger partial charge in [0.2, 0.25) is 0 Å². The van der Waals surface area contributed by atoms with Crippen molar-refractivity contribution in [3.05, 3.63) is 0 Å². The second-order valence-electron chi connectivity index (χ2n) is 5.07. The van der Waals surface area contributed by atoms with Gasteiger partial charge in [0.25, 0.3) is 0 Å².